The topological polar surface area (TPSA) is 53.3 Å². The van der Waals surface area contributed by atoms with E-state index in [9.17, 15) is 31.1 Å². The molecule has 11 heteroatoms. The number of hydrogen-bond acceptors (Lipinski definition) is 3. The molecule has 0 saturated carbocycles. The van der Waals surface area contributed by atoms with Crippen molar-refractivity contribution in [2.45, 2.75) is 31.3 Å². The van der Waals surface area contributed by atoms with Crippen molar-refractivity contribution in [3.8, 4) is 11.8 Å². The molecule has 1 aliphatic rings. The average molecular weight is 477 g/mol. The maximum absolute atomic E-state index is 13.0. The van der Waals surface area contributed by atoms with Gasteiger partial charge in [-0.2, -0.15) is 31.6 Å². The van der Waals surface area contributed by atoms with Crippen LogP contribution in [0.3, 0.4) is 0 Å². The average Bonchev–Trinajstić information content (AvgIpc) is 2.66. The second kappa shape index (κ2) is 8.54. The van der Waals surface area contributed by atoms with Crippen LogP contribution in [0.4, 0.5) is 26.3 Å². The molecule has 2 aromatic rings. The Balaban J connectivity index is 1.84. The summed E-state index contributed by atoms with van der Waals surface area (Å²) < 4.78 is 82.4. The van der Waals surface area contributed by atoms with Gasteiger partial charge >= 0.3 is 12.4 Å². The fraction of sp³-hybridized carbons (Fsp3) is 0.333. The summed E-state index contributed by atoms with van der Waals surface area (Å²) in [6.07, 6.45) is -11.5. The van der Waals surface area contributed by atoms with Gasteiger partial charge in [-0.1, -0.05) is 29.8 Å². The minimum atomic E-state index is -4.70. The summed E-state index contributed by atoms with van der Waals surface area (Å²) >= 11 is 6.10. The standard InChI is InChI=1S/C21H15ClF6N2O2/c1-11(20(23,24)25)32-16-6-5-13(8-29)18(22)17(16)19(31)30-9-14(10-30)12-3-2-4-15(7-12)21(26,27)28/h2-7,11,14H,9-10H2,1H3. The quantitative estimate of drug-likeness (QED) is 0.524. The first-order chi connectivity index (χ1) is 14.8. The predicted octanol–water partition coefficient (Wildman–Crippen LogP) is 5.80. The molecular formula is C21H15ClF6N2O2. The zero-order chi connectivity index (χ0) is 23.8. The first-order valence-electron chi connectivity index (χ1n) is 9.25. The van der Waals surface area contributed by atoms with Crippen molar-refractivity contribution in [2.75, 3.05) is 13.1 Å². The number of alkyl halides is 6. The van der Waals surface area contributed by atoms with E-state index in [2.05, 4.69) is 0 Å². The summed E-state index contributed by atoms with van der Waals surface area (Å²) in [5, 5.41) is 8.79. The molecule has 0 N–H and O–H groups in total. The van der Waals surface area contributed by atoms with Crippen molar-refractivity contribution in [1.29, 1.82) is 5.26 Å². The Morgan fingerprint density at radius 1 is 1.19 bits per heavy atom. The SMILES string of the molecule is CC(Oc1ccc(C#N)c(Cl)c1C(=O)N1CC(c2cccc(C(F)(F)F)c2)C1)C(F)(F)F. The predicted molar refractivity (Wildman–Crippen MR) is 102 cm³/mol. The Morgan fingerprint density at radius 2 is 1.84 bits per heavy atom. The number of carbonyl (C=O) groups is 1. The number of benzene rings is 2. The van der Waals surface area contributed by atoms with Gasteiger partial charge in [0, 0.05) is 19.0 Å². The van der Waals surface area contributed by atoms with Gasteiger partial charge in [0.05, 0.1) is 16.1 Å². The molecule has 0 aliphatic carbocycles. The van der Waals surface area contributed by atoms with Crippen molar-refractivity contribution in [3.63, 3.8) is 0 Å². The Kier molecular flexibility index (Phi) is 6.33. The summed E-state index contributed by atoms with van der Waals surface area (Å²) in [4.78, 5) is 14.2. The Labute approximate surface area is 183 Å². The lowest BCUT2D eigenvalue weighted by atomic mass is 9.89. The molecule has 32 heavy (non-hydrogen) atoms. The van der Waals surface area contributed by atoms with E-state index in [0.29, 0.717) is 5.56 Å². The van der Waals surface area contributed by atoms with Crippen LogP contribution in [0.25, 0.3) is 0 Å². The zero-order valence-electron chi connectivity index (χ0n) is 16.4. The van der Waals surface area contributed by atoms with Crippen molar-refractivity contribution in [3.05, 3.63) is 63.7 Å². The Bertz CT molecular complexity index is 1070. The Morgan fingerprint density at radius 3 is 2.41 bits per heavy atom. The fourth-order valence-corrected chi connectivity index (χ4v) is 3.46. The second-order valence-corrected chi connectivity index (χ2v) is 7.62. The van der Waals surface area contributed by atoms with Crippen LogP contribution in [-0.2, 0) is 6.18 Å². The molecule has 1 aliphatic heterocycles. The van der Waals surface area contributed by atoms with Gasteiger partial charge in [0.15, 0.2) is 6.10 Å². The number of likely N-dealkylation sites (tertiary alicyclic amines) is 1. The van der Waals surface area contributed by atoms with Crippen LogP contribution >= 0.6 is 11.6 Å². The van der Waals surface area contributed by atoms with Gasteiger partial charge in [-0.15, -0.1) is 0 Å². The van der Waals surface area contributed by atoms with Crippen molar-refractivity contribution in [2.24, 2.45) is 0 Å². The number of nitriles is 1. The molecule has 0 bridgehead atoms. The maximum atomic E-state index is 13.0. The second-order valence-electron chi connectivity index (χ2n) is 7.24. The van der Waals surface area contributed by atoms with Crippen LogP contribution < -0.4 is 4.74 Å². The van der Waals surface area contributed by atoms with Gasteiger partial charge < -0.3 is 9.64 Å². The highest BCUT2D eigenvalue weighted by atomic mass is 35.5. The number of halogens is 7. The third-order valence-electron chi connectivity index (χ3n) is 5.06. The number of carbonyl (C=O) groups excluding carboxylic acids is 1. The van der Waals surface area contributed by atoms with E-state index >= 15 is 0 Å². The highest BCUT2D eigenvalue weighted by molar-refractivity contribution is 6.35. The van der Waals surface area contributed by atoms with Crippen molar-refractivity contribution >= 4 is 17.5 Å². The lowest BCUT2D eigenvalue weighted by Crippen LogP contribution is -2.48. The lowest BCUT2D eigenvalue weighted by molar-refractivity contribution is -0.189. The van der Waals surface area contributed by atoms with Crippen LogP contribution in [-0.4, -0.2) is 36.2 Å². The molecule has 1 saturated heterocycles. The highest BCUT2D eigenvalue weighted by Gasteiger charge is 2.40. The Hall–Kier alpha value is -2.93. The van der Waals surface area contributed by atoms with Crippen LogP contribution in [0.1, 0.15) is 39.9 Å². The molecule has 1 amide bonds. The molecule has 0 spiro atoms. The molecule has 0 radical (unpaired) electrons. The molecule has 1 unspecified atom stereocenters. The first kappa shape index (κ1) is 23.7. The molecule has 1 fully saturated rings. The summed E-state index contributed by atoms with van der Waals surface area (Å²) in [5.41, 5.74) is -0.967. The molecule has 0 aromatic heterocycles. The van der Waals surface area contributed by atoms with Crippen LogP contribution in [0.15, 0.2) is 36.4 Å². The maximum Gasteiger partial charge on any atom is 0.425 e. The van der Waals surface area contributed by atoms with E-state index in [1.807, 2.05) is 0 Å². The van der Waals surface area contributed by atoms with Gasteiger partial charge in [0.2, 0.25) is 0 Å². The van der Waals surface area contributed by atoms with Crippen LogP contribution in [0, 0.1) is 11.3 Å². The summed E-state index contributed by atoms with van der Waals surface area (Å²) in [6.45, 7) is 0.816. The molecule has 1 heterocycles. The number of rotatable bonds is 4. The van der Waals surface area contributed by atoms with E-state index in [1.165, 1.54) is 17.0 Å². The number of amides is 1. The first-order valence-corrected chi connectivity index (χ1v) is 9.63. The van der Waals surface area contributed by atoms with Gasteiger partial charge in [-0.05, 0) is 30.7 Å². The zero-order valence-corrected chi connectivity index (χ0v) is 17.1. The third-order valence-corrected chi connectivity index (χ3v) is 5.45. The smallest absolute Gasteiger partial charge is 0.425 e. The van der Waals surface area contributed by atoms with Gasteiger partial charge in [0.1, 0.15) is 17.4 Å². The molecule has 3 rings (SSSR count). The van der Waals surface area contributed by atoms with E-state index in [0.717, 1.165) is 31.2 Å². The number of hydrogen-bond donors (Lipinski definition) is 0. The minimum absolute atomic E-state index is 0.0293. The highest BCUT2D eigenvalue weighted by Crippen LogP contribution is 2.38. The fourth-order valence-electron chi connectivity index (χ4n) is 3.18. The van der Waals surface area contributed by atoms with Gasteiger partial charge in [-0.3, -0.25) is 4.79 Å². The van der Waals surface area contributed by atoms with Gasteiger partial charge in [0.25, 0.3) is 5.91 Å². The normalized spacial score (nSPS) is 15.7. The summed E-state index contributed by atoms with van der Waals surface area (Å²) in [6, 6.07) is 8.64. The molecule has 1 atom stereocenters. The lowest BCUT2D eigenvalue weighted by Gasteiger charge is -2.40. The van der Waals surface area contributed by atoms with E-state index in [4.69, 9.17) is 21.6 Å². The molecular weight excluding hydrogens is 462 g/mol. The van der Waals surface area contributed by atoms with E-state index < -0.39 is 47.2 Å². The van der Waals surface area contributed by atoms with Crippen LogP contribution in [0.5, 0.6) is 5.75 Å². The largest absolute Gasteiger partial charge is 0.480 e. The van der Waals surface area contributed by atoms with Crippen LogP contribution in [0.2, 0.25) is 5.02 Å². The third kappa shape index (κ3) is 4.78. The molecule has 4 nitrogen and oxygen atoms in total. The minimum Gasteiger partial charge on any atom is -0.480 e. The number of ether oxygens (including phenoxy) is 1. The van der Waals surface area contributed by atoms with E-state index in [-0.39, 0.29) is 23.7 Å². The van der Waals surface area contributed by atoms with Gasteiger partial charge in [-0.25, -0.2) is 0 Å². The van der Waals surface area contributed by atoms with Crippen molar-refractivity contribution < 1.29 is 35.9 Å². The summed E-state index contributed by atoms with van der Waals surface area (Å²) in [7, 11) is 0. The monoisotopic (exact) mass is 476 g/mol. The molecule has 170 valence electrons. The molecule has 2 aromatic carbocycles. The van der Waals surface area contributed by atoms with Crippen molar-refractivity contribution in [1.82, 2.24) is 4.90 Å². The number of nitrogens with zero attached hydrogens (tertiary/aromatic N) is 2. The summed E-state index contributed by atoms with van der Waals surface area (Å²) in [5.74, 6) is -1.61. The van der Waals surface area contributed by atoms with E-state index in [1.54, 1.807) is 6.07 Å².